The zero-order valence-corrected chi connectivity index (χ0v) is 8.40. The average molecular weight is 184 g/mol. The fraction of sp³-hybridized carbons (Fsp3) is 0.625. The molecule has 0 amide bonds. The predicted octanol–water partition coefficient (Wildman–Crippen LogP) is 2.04. The molecule has 0 aromatic rings. The fourth-order valence-electron chi connectivity index (χ4n) is 1.08. The molecule has 1 heteroatoms. The third kappa shape index (κ3) is 1.19. The average Bonchev–Trinajstić information content (AvgIpc) is 1.98. The SMILES string of the molecule is CC1=[As]C(C)C(C)=C1C. The molecule has 0 fully saturated rings. The first-order valence-electron chi connectivity index (χ1n) is 3.35. The summed E-state index contributed by atoms with van der Waals surface area (Å²) in [5, 5.41) is 0. The first-order valence-corrected chi connectivity index (χ1v) is 5.37. The van der Waals surface area contributed by atoms with Gasteiger partial charge in [0.05, 0.1) is 0 Å². The van der Waals surface area contributed by atoms with E-state index in [4.69, 9.17) is 0 Å². The molecule has 50 valence electrons. The van der Waals surface area contributed by atoms with Gasteiger partial charge in [-0.15, -0.1) is 0 Å². The number of rotatable bonds is 0. The minimum absolute atomic E-state index is 0.513. The molecule has 0 radical (unpaired) electrons. The second kappa shape index (κ2) is 2.42. The molecule has 1 aliphatic rings. The molecule has 1 unspecified atom stereocenters. The molecule has 1 rings (SSSR count). The Hall–Kier alpha value is 0.168. The van der Waals surface area contributed by atoms with Crippen molar-refractivity contribution in [2.75, 3.05) is 0 Å². The molecular formula is C8H13As. The van der Waals surface area contributed by atoms with Gasteiger partial charge in [-0.1, -0.05) is 0 Å². The van der Waals surface area contributed by atoms with Crippen molar-refractivity contribution in [2.24, 2.45) is 0 Å². The van der Waals surface area contributed by atoms with Crippen molar-refractivity contribution in [3.05, 3.63) is 11.1 Å². The van der Waals surface area contributed by atoms with Gasteiger partial charge in [0.25, 0.3) is 0 Å². The van der Waals surface area contributed by atoms with Crippen LogP contribution < -0.4 is 0 Å². The van der Waals surface area contributed by atoms with E-state index in [0.717, 1.165) is 4.71 Å². The molecule has 9 heavy (non-hydrogen) atoms. The Morgan fingerprint density at radius 1 is 1.22 bits per heavy atom. The maximum atomic E-state index is 2.34. The van der Waals surface area contributed by atoms with Gasteiger partial charge in [-0.05, 0) is 0 Å². The summed E-state index contributed by atoms with van der Waals surface area (Å²) < 4.78 is 2.58. The van der Waals surface area contributed by atoms with Gasteiger partial charge in [0, 0.05) is 0 Å². The summed E-state index contributed by atoms with van der Waals surface area (Å²) in [7, 11) is 0. The van der Waals surface area contributed by atoms with E-state index in [9.17, 15) is 0 Å². The monoisotopic (exact) mass is 184 g/mol. The Balaban J connectivity index is 2.97. The van der Waals surface area contributed by atoms with Gasteiger partial charge in [-0.2, -0.15) is 0 Å². The molecule has 0 aromatic carbocycles. The summed E-state index contributed by atoms with van der Waals surface area (Å²) in [5.74, 6) is 0. The molecule has 0 N–H and O–H groups in total. The zero-order valence-electron chi connectivity index (χ0n) is 6.52. The first-order chi connectivity index (χ1) is 4.13. The van der Waals surface area contributed by atoms with Crippen LogP contribution in [-0.2, 0) is 0 Å². The van der Waals surface area contributed by atoms with Crippen LogP contribution in [0.1, 0.15) is 27.7 Å². The van der Waals surface area contributed by atoms with Crippen molar-refractivity contribution >= 4 is 19.6 Å². The molecule has 0 nitrogen and oxygen atoms in total. The van der Waals surface area contributed by atoms with E-state index in [-0.39, 0.29) is 0 Å². The summed E-state index contributed by atoms with van der Waals surface area (Å²) in [6.45, 7) is 9.15. The van der Waals surface area contributed by atoms with E-state index in [0.29, 0.717) is 15.3 Å². The molecule has 0 bridgehead atoms. The molecule has 0 aliphatic carbocycles. The molecule has 1 heterocycles. The quantitative estimate of drug-likeness (QED) is 0.505. The van der Waals surface area contributed by atoms with Crippen LogP contribution >= 0.6 is 0 Å². The first kappa shape index (κ1) is 7.28. The van der Waals surface area contributed by atoms with E-state index < -0.39 is 0 Å². The van der Waals surface area contributed by atoms with Gasteiger partial charge in [0.15, 0.2) is 0 Å². The van der Waals surface area contributed by atoms with Crippen molar-refractivity contribution < 1.29 is 0 Å². The van der Waals surface area contributed by atoms with Crippen molar-refractivity contribution in [1.82, 2.24) is 0 Å². The Labute approximate surface area is 63.6 Å². The number of hydrogen-bond acceptors (Lipinski definition) is 0. The Morgan fingerprint density at radius 2 is 1.78 bits per heavy atom. The molecular weight excluding hydrogens is 171 g/mol. The Kier molecular flexibility index (Phi) is 1.96. The van der Waals surface area contributed by atoms with E-state index in [1.54, 1.807) is 15.5 Å². The normalized spacial score (nSPS) is 28.9. The van der Waals surface area contributed by atoms with Gasteiger partial charge in [-0.25, -0.2) is 0 Å². The van der Waals surface area contributed by atoms with Crippen LogP contribution in [0.15, 0.2) is 11.1 Å². The maximum absolute atomic E-state index is 2.34. The summed E-state index contributed by atoms with van der Waals surface area (Å²) >= 11 is 0.513. The van der Waals surface area contributed by atoms with Crippen LogP contribution in [0, 0.1) is 0 Å². The van der Waals surface area contributed by atoms with Gasteiger partial charge < -0.3 is 0 Å². The summed E-state index contributed by atoms with van der Waals surface area (Å²) in [6, 6.07) is 0. The van der Waals surface area contributed by atoms with Gasteiger partial charge in [-0.3, -0.25) is 0 Å². The molecule has 1 atom stereocenters. The van der Waals surface area contributed by atoms with Crippen LogP contribution in [0.2, 0.25) is 4.71 Å². The van der Waals surface area contributed by atoms with Gasteiger partial charge in [0.1, 0.15) is 0 Å². The molecule has 0 spiro atoms. The number of allylic oxidation sites excluding steroid dienone is 2. The topological polar surface area (TPSA) is 0 Å². The van der Waals surface area contributed by atoms with E-state index >= 15 is 0 Å². The number of hydrogen-bond donors (Lipinski definition) is 0. The van der Waals surface area contributed by atoms with Crippen LogP contribution in [0.3, 0.4) is 0 Å². The molecule has 0 aromatic heterocycles. The Morgan fingerprint density at radius 3 is 1.89 bits per heavy atom. The van der Waals surface area contributed by atoms with Crippen molar-refractivity contribution in [2.45, 2.75) is 32.4 Å². The molecule has 0 saturated heterocycles. The standard InChI is InChI=1S/C8H13As/c1-5-6(2)8(4)9-7(5)3/h7H,1-4H3. The Bertz CT molecular complexity index is 187. The second-order valence-corrected chi connectivity index (χ2v) is 6.27. The van der Waals surface area contributed by atoms with Crippen molar-refractivity contribution in [3.8, 4) is 0 Å². The van der Waals surface area contributed by atoms with Crippen LogP contribution in [0.4, 0.5) is 0 Å². The van der Waals surface area contributed by atoms with Gasteiger partial charge >= 0.3 is 63.2 Å². The van der Waals surface area contributed by atoms with Crippen molar-refractivity contribution in [1.29, 1.82) is 0 Å². The van der Waals surface area contributed by atoms with Crippen LogP contribution in [0.25, 0.3) is 0 Å². The van der Waals surface area contributed by atoms with Crippen LogP contribution in [0.5, 0.6) is 0 Å². The third-order valence-electron chi connectivity index (χ3n) is 2.15. The summed E-state index contributed by atoms with van der Waals surface area (Å²) in [4.78, 5) is 0. The second-order valence-electron chi connectivity index (χ2n) is 2.70. The molecule has 0 saturated carbocycles. The van der Waals surface area contributed by atoms with E-state index in [2.05, 4.69) is 27.7 Å². The van der Waals surface area contributed by atoms with Gasteiger partial charge in [0.2, 0.25) is 0 Å². The van der Waals surface area contributed by atoms with Crippen molar-refractivity contribution in [3.63, 3.8) is 0 Å². The minimum atomic E-state index is 0.513. The van der Waals surface area contributed by atoms with E-state index in [1.807, 2.05) is 0 Å². The third-order valence-corrected chi connectivity index (χ3v) is 5.29. The van der Waals surface area contributed by atoms with E-state index in [1.165, 1.54) is 0 Å². The summed E-state index contributed by atoms with van der Waals surface area (Å²) in [6.07, 6.45) is 0. The summed E-state index contributed by atoms with van der Waals surface area (Å²) in [5.41, 5.74) is 3.22. The molecule has 1 aliphatic heterocycles. The zero-order chi connectivity index (χ0) is 7.02. The fourth-order valence-corrected chi connectivity index (χ4v) is 3.89. The van der Waals surface area contributed by atoms with Crippen LogP contribution in [-0.4, -0.2) is 19.6 Å². The predicted molar refractivity (Wildman–Crippen MR) is 44.2 cm³/mol.